The van der Waals surface area contributed by atoms with E-state index in [-0.39, 0.29) is 11.8 Å². The van der Waals surface area contributed by atoms with Crippen LogP contribution in [0.15, 0.2) is 67.5 Å². The van der Waals surface area contributed by atoms with Crippen molar-refractivity contribution in [3.63, 3.8) is 0 Å². The maximum Gasteiger partial charge on any atom is 0.229 e. The Kier molecular flexibility index (Phi) is 5.66. The lowest BCUT2D eigenvalue weighted by Crippen LogP contribution is -2.41. The van der Waals surface area contributed by atoms with Crippen LogP contribution in [-0.4, -0.2) is 38.5 Å². The van der Waals surface area contributed by atoms with Crippen molar-refractivity contribution in [1.29, 1.82) is 0 Å². The molecule has 0 unspecified atom stereocenters. The van der Waals surface area contributed by atoms with Gasteiger partial charge in [0.05, 0.1) is 12.2 Å². The molecule has 0 aliphatic carbocycles. The van der Waals surface area contributed by atoms with Crippen LogP contribution in [0.5, 0.6) is 5.75 Å². The number of imidazole rings is 1. The Morgan fingerprint density at radius 1 is 1.18 bits per heavy atom. The molecule has 1 atom stereocenters. The summed E-state index contributed by atoms with van der Waals surface area (Å²) in [4.78, 5) is 23.5. The van der Waals surface area contributed by atoms with Crippen LogP contribution in [0.4, 0.5) is 0 Å². The molecule has 0 N–H and O–H groups in total. The van der Waals surface area contributed by atoms with Gasteiger partial charge in [0.25, 0.3) is 0 Å². The van der Waals surface area contributed by atoms with Gasteiger partial charge in [0.2, 0.25) is 5.91 Å². The lowest BCUT2D eigenvalue weighted by molar-refractivity contribution is -0.137. The fourth-order valence-electron chi connectivity index (χ4n) is 3.59. The number of aromatic nitrogens is 3. The lowest BCUT2D eigenvalue weighted by atomic mass is 9.95. The van der Waals surface area contributed by atoms with Gasteiger partial charge in [0.1, 0.15) is 12.4 Å². The van der Waals surface area contributed by atoms with E-state index in [1.807, 2.05) is 58.3 Å². The van der Waals surface area contributed by atoms with E-state index in [1.54, 1.807) is 18.7 Å². The topological polar surface area (TPSA) is 60.2 Å². The summed E-state index contributed by atoms with van der Waals surface area (Å²) in [5, 5.41) is 0. The Balaban J connectivity index is 1.44. The minimum atomic E-state index is -0.153. The molecule has 0 fully saturated rings. The molecule has 0 spiro atoms. The average Bonchev–Trinajstić information content (AvgIpc) is 3.26. The number of benzene rings is 1. The number of carbonyl (C=O) groups excluding carboxylic acids is 1. The van der Waals surface area contributed by atoms with Crippen molar-refractivity contribution in [2.45, 2.75) is 25.9 Å². The van der Waals surface area contributed by atoms with Crippen molar-refractivity contribution in [2.24, 2.45) is 5.92 Å². The van der Waals surface area contributed by atoms with E-state index in [9.17, 15) is 4.79 Å². The van der Waals surface area contributed by atoms with Gasteiger partial charge in [-0.2, -0.15) is 0 Å². The number of nitrogens with zero attached hydrogens (tertiary/aromatic N) is 4. The van der Waals surface area contributed by atoms with Gasteiger partial charge < -0.3 is 14.2 Å². The maximum absolute atomic E-state index is 13.3. The Hall–Kier alpha value is -3.15. The highest BCUT2D eigenvalue weighted by molar-refractivity contribution is 5.79. The second-order valence-corrected chi connectivity index (χ2v) is 7.09. The van der Waals surface area contributed by atoms with Crippen LogP contribution in [0.1, 0.15) is 17.5 Å². The number of amides is 1. The third-order valence-corrected chi connectivity index (χ3v) is 5.04. The Morgan fingerprint density at radius 2 is 2.11 bits per heavy atom. The Bertz CT molecular complexity index is 896. The molecule has 0 saturated heterocycles. The summed E-state index contributed by atoms with van der Waals surface area (Å²) in [6.07, 6.45) is 10.7. The van der Waals surface area contributed by atoms with Gasteiger partial charge in [-0.25, -0.2) is 4.98 Å². The van der Waals surface area contributed by atoms with Crippen molar-refractivity contribution in [1.82, 2.24) is 19.4 Å². The number of hydrogen-bond acceptors (Lipinski definition) is 4. The molecule has 28 heavy (non-hydrogen) atoms. The zero-order valence-corrected chi connectivity index (χ0v) is 15.8. The number of hydrogen-bond donors (Lipinski definition) is 0. The molecule has 0 saturated carbocycles. The first kappa shape index (κ1) is 18.2. The third-order valence-electron chi connectivity index (χ3n) is 5.04. The number of carbonyl (C=O) groups is 1. The maximum atomic E-state index is 13.3. The van der Waals surface area contributed by atoms with E-state index < -0.39 is 0 Å². The number of ether oxygens (including phenoxy) is 1. The highest BCUT2D eigenvalue weighted by Crippen LogP contribution is 2.28. The fraction of sp³-hybridized carbons (Fsp3) is 0.318. The molecule has 1 aliphatic rings. The number of para-hydroxylation sites is 1. The van der Waals surface area contributed by atoms with Crippen LogP contribution in [0.25, 0.3) is 0 Å². The molecule has 1 aliphatic heterocycles. The van der Waals surface area contributed by atoms with Crippen LogP contribution >= 0.6 is 0 Å². The normalized spacial score (nSPS) is 15.5. The molecule has 0 bridgehead atoms. The average molecular weight is 376 g/mol. The quantitative estimate of drug-likeness (QED) is 0.636. The molecule has 2 aromatic heterocycles. The minimum absolute atomic E-state index is 0.143. The molecule has 0 radical (unpaired) electrons. The van der Waals surface area contributed by atoms with Crippen molar-refractivity contribution < 1.29 is 9.53 Å². The summed E-state index contributed by atoms with van der Waals surface area (Å²) in [5.74, 6) is 0.884. The SMILES string of the molecule is O=C([C@@H]1COc2ccccc2C1)N(CCCn1ccnc1)Cc1cccnc1. The standard InChI is InChI=1S/C22H24N4O2/c27-22(20-13-19-6-1-2-7-21(19)28-16-20)26(15-18-5-3-8-23-14-18)11-4-10-25-12-9-24-17-25/h1-3,5-9,12,14,17,20H,4,10-11,13,15-16H2/t20-/m0/s1. The minimum Gasteiger partial charge on any atom is -0.492 e. The van der Waals surface area contributed by atoms with E-state index in [0.29, 0.717) is 19.7 Å². The fourth-order valence-corrected chi connectivity index (χ4v) is 3.59. The highest BCUT2D eigenvalue weighted by Gasteiger charge is 2.29. The predicted molar refractivity (Wildman–Crippen MR) is 106 cm³/mol. The van der Waals surface area contributed by atoms with Crippen LogP contribution in [0, 0.1) is 5.92 Å². The first-order valence-corrected chi connectivity index (χ1v) is 9.64. The van der Waals surface area contributed by atoms with Crippen LogP contribution < -0.4 is 4.74 Å². The predicted octanol–water partition coefficient (Wildman–Crippen LogP) is 2.95. The van der Waals surface area contributed by atoms with E-state index in [0.717, 1.165) is 36.3 Å². The van der Waals surface area contributed by atoms with Crippen molar-refractivity contribution in [3.05, 3.63) is 78.6 Å². The van der Waals surface area contributed by atoms with E-state index in [1.165, 1.54) is 0 Å². The Morgan fingerprint density at radius 3 is 2.93 bits per heavy atom. The van der Waals surface area contributed by atoms with E-state index in [2.05, 4.69) is 9.97 Å². The summed E-state index contributed by atoms with van der Waals surface area (Å²) in [7, 11) is 0. The monoisotopic (exact) mass is 376 g/mol. The third kappa shape index (κ3) is 4.39. The first-order chi connectivity index (χ1) is 13.8. The van der Waals surface area contributed by atoms with Gasteiger partial charge >= 0.3 is 0 Å². The first-order valence-electron chi connectivity index (χ1n) is 9.64. The molecule has 6 heteroatoms. The van der Waals surface area contributed by atoms with Gasteiger partial charge in [-0.05, 0) is 36.1 Å². The van der Waals surface area contributed by atoms with Crippen molar-refractivity contribution in [3.8, 4) is 5.75 Å². The highest BCUT2D eigenvalue weighted by atomic mass is 16.5. The molecular formula is C22H24N4O2. The number of aryl methyl sites for hydroxylation is 1. The second-order valence-electron chi connectivity index (χ2n) is 7.09. The summed E-state index contributed by atoms with van der Waals surface area (Å²) in [6, 6.07) is 11.9. The van der Waals surface area contributed by atoms with Crippen molar-refractivity contribution in [2.75, 3.05) is 13.2 Å². The largest absolute Gasteiger partial charge is 0.492 e. The van der Waals surface area contributed by atoms with Crippen molar-refractivity contribution >= 4 is 5.91 Å². The molecule has 3 heterocycles. The summed E-state index contributed by atoms with van der Waals surface area (Å²) in [5.41, 5.74) is 2.14. The van der Waals surface area contributed by atoms with Gasteiger partial charge in [-0.3, -0.25) is 9.78 Å². The van der Waals surface area contributed by atoms with E-state index >= 15 is 0 Å². The summed E-state index contributed by atoms with van der Waals surface area (Å²) >= 11 is 0. The number of pyridine rings is 1. The van der Waals surface area contributed by atoms with E-state index in [4.69, 9.17) is 4.74 Å². The smallest absolute Gasteiger partial charge is 0.229 e. The van der Waals surface area contributed by atoms with Crippen LogP contribution in [-0.2, 0) is 24.3 Å². The molecule has 144 valence electrons. The van der Waals surface area contributed by atoms with Gasteiger partial charge in [0.15, 0.2) is 0 Å². The number of fused-ring (bicyclic) bond motifs is 1. The van der Waals surface area contributed by atoms with Gasteiger partial charge in [-0.1, -0.05) is 24.3 Å². The molecule has 1 aromatic carbocycles. The zero-order valence-electron chi connectivity index (χ0n) is 15.8. The zero-order chi connectivity index (χ0) is 19.2. The summed E-state index contributed by atoms with van der Waals surface area (Å²) in [6.45, 7) is 2.51. The van der Waals surface area contributed by atoms with Crippen LogP contribution in [0.3, 0.4) is 0 Å². The van der Waals surface area contributed by atoms with Gasteiger partial charge in [0, 0.05) is 44.4 Å². The number of rotatable bonds is 7. The van der Waals surface area contributed by atoms with Crippen LogP contribution in [0.2, 0.25) is 0 Å². The second kappa shape index (κ2) is 8.69. The Labute approximate surface area is 164 Å². The van der Waals surface area contributed by atoms with Gasteiger partial charge in [-0.15, -0.1) is 0 Å². The molecule has 6 nitrogen and oxygen atoms in total. The summed E-state index contributed by atoms with van der Waals surface area (Å²) < 4.78 is 7.88. The molecule has 4 rings (SSSR count). The lowest BCUT2D eigenvalue weighted by Gasteiger charge is -2.30. The molecule has 1 amide bonds. The molecular weight excluding hydrogens is 352 g/mol. The molecule has 3 aromatic rings.